The highest BCUT2D eigenvalue weighted by molar-refractivity contribution is 5.90. The minimum atomic E-state index is -1.13. The summed E-state index contributed by atoms with van der Waals surface area (Å²) < 4.78 is 10.9. The molecule has 1 aliphatic rings. The molecule has 140 valence electrons. The highest BCUT2D eigenvalue weighted by Gasteiger charge is 2.58. The molecular weight excluding hydrogens is 332 g/mol. The molecule has 1 saturated heterocycles. The van der Waals surface area contributed by atoms with Crippen molar-refractivity contribution in [3.05, 3.63) is 36.0 Å². The van der Waals surface area contributed by atoms with Crippen molar-refractivity contribution < 1.29 is 19.1 Å². The molecule has 0 spiro atoms. The summed E-state index contributed by atoms with van der Waals surface area (Å²) >= 11 is 0. The molecule has 0 saturated carbocycles. The van der Waals surface area contributed by atoms with Crippen LogP contribution in [0.4, 0.5) is 4.79 Å². The number of rotatable bonds is 3. The summed E-state index contributed by atoms with van der Waals surface area (Å²) in [5, 5.41) is 1.03. The molecule has 1 amide bonds. The number of hydrogen-bond acceptors (Lipinski definition) is 4. The number of aromatic nitrogens is 1. The van der Waals surface area contributed by atoms with Gasteiger partial charge in [0.1, 0.15) is 5.54 Å². The zero-order chi connectivity index (χ0) is 19.1. The van der Waals surface area contributed by atoms with Gasteiger partial charge < -0.3 is 14.5 Å². The maximum atomic E-state index is 12.9. The monoisotopic (exact) mass is 358 g/mol. The Morgan fingerprint density at radius 2 is 2.04 bits per heavy atom. The third kappa shape index (κ3) is 2.93. The molecule has 1 fully saturated rings. The first-order valence-electron chi connectivity index (χ1n) is 8.90. The third-order valence-electron chi connectivity index (χ3n) is 4.84. The van der Waals surface area contributed by atoms with E-state index in [2.05, 4.69) is 4.98 Å². The van der Waals surface area contributed by atoms with Gasteiger partial charge >= 0.3 is 12.1 Å². The van der Waals surface area contributed by atoms with E-state index >= 15 is 0 Å². The van der Waals surface area contributed by atoms with E-state index in [1.807, 2.05) is 51.2 Å². The second kappa shape index (κ2) is 6.34. The number of carbonyl (C=O) groups is 2. The number of H-pyrrole nitrogens is 1. The smallest absolute Gasteiger partial charge is 0.413 e. The van der Waals surface area contributed by atoms with Gasteiger partial charge in [-0.1, -0.05) is 39.0 Å². The van der Waals surface area contributed by atoms with Crippen molar-refractivity contribution in [1.29, 1.82) is 0 Å². The summed E-state index contributed by atoms with van der Waals surface area (Å²) in [7, 11) is 0. The minimum Gasteiger partial charge on any atom is -0.450 e. The normalized spacial score (nSPS) is 23.3. The number of carbonyl (C=O) groups excluding carboxylic acids is 2. The van der Waals surface area contributed by atoms with Crippen LogP contribution in [0.15, 0.2) is 30.5 Å². The largest absolute Gasteiger partial charge is 0.450 e. The molecule has 2 aromatic rings. The van der Waals surface area contributed by atoms with E-state index in [4.69, 9.17) is 9.47 Å². The number of aromatic amines is 1. The van der Waals surface area contributed by atoms with Crippen molar-refractivity contribution in [3.8, 4) is 0 Å². The Bertz CT molecular complexity index is 836. The van der Waals surface area contributed by atoms with Crippen molar-refractivity contribution in [2.75, 3.05) is 6.61 Å². The fourth-order valence-electron chi connectivity index (χ4n) is 3.50. The maximum Gasteiger partial charge on any atom is 0.413 e. The number of hydrogen-bond donors (Lipinski definition) is 1. The Morgan fingerprint density at radius 1 is 1.35 bits per heavy atom. The zero-order valence-electron chi connectivity index (χ0n) is 16.0. The molecule has 0 aliphatic carbocycles. The SMILES string of the molecule is CCOC(=O)N1[C@@H](C(C)(C)C)OC(=O)[C@@]1(C)Cc1c[nH]c2ccccc12. The van der Waals surface area contributed by atoms with Crippen LogP contribution in [0.1, 0.15) is 40.2 Å². The Labute approximate surface area is 153 Å². The minimum absolute atomic E-state index is 0.240. The second-order valence-corrected chi connectivity index (χ2v) is 8.00. The Hall–Kier alpha value is -2.50. The number of para-hydroxylation sites is 1. The number of fused-ring (bicyclic) bond motifs is 1. The van der Waals surface area contributed by atoms with Crippen molar-refractivity contribution in [3.63, 3.8) is 0 Å². The first kappa shape index (κ1) is 18.3. The summed E-state index contributed by atoms with van der Waals surface area (Å²) in [6.07, 6.45) is 1.03. The van der Waals surface area contributed by atoms with Gasteiger partial charge in [-0.15, -0.1) is 0 Å². The standard InChI is InChI=1S/C20H26N2O4/c1-6-25-18(24)22-16(19(2,3)4)26-17(23)20(22,5)11-13-12-21-15-10-8-7-9-14(13)15/h7-10,12,16,21H,6,11H2,1-5H3/t16-,20-/m1/s1. The molecule has 2 heterocycles. The van der Waals surface area contributed by atoms with Crippen molar-refractivity contribution in [1.82, 2.24) is 9.88 Å². The topological polar surface area (TPSA) is 71.6 Å². The molecule has 0 bridgehead atoms. The van der Waals surface area contributed by atoms with E-state index in [9.17, 15) is 9.59 Å². The number of ether oxygens (including phenoxy) is 2. The third-order valence-corrected chi connectivity index (χ3v) is 4.84. The van der Waals surface area contributed by atoms with Gasteiger partial charge in [0, 0.05) is 28.9 Å². The molecule has 0 unspecified atom stereocenters. The molecule has 2 atom stereocenters. The van der Waals surface area contributed by atoms with Crippen LogP contribution >= 0.6 is 0 Å². The second-order valence-electron chi connectivity index (χ2n) is 8.00. The molecule has 1 aromatic heterocycles. The van der Waals surface area contributed by atoms with Gasteiger partial charge in [0.25, 0.3) is 0 Å². The summed E-state index contributed by atoms with van der Waals surface area (Å²) in [4.78, 5) is 30.3. The lowest BCUT2D eigenvalue weighted by Crippen LogP contribution is -2.55. The van der Waals surface area contributed by atoms with E-state index in [1.54, 1.807) is 13.8 Å². The van der Waals surface area contributed by atoms with E-state index in [-0.39, 0.29) is 6.61 Å². The number of benzene rings is 1. The first-order valence-corrected chi connectivity index (χ1v) is 8.90. The molecule has 1 aromatic carbocycles. The molecule has 26 heavy (non-hydrogen) atoms. The number of nitrogens with one attached hydrogen (secondary N) is 1. The van der Waals surface area contributed by atoms with Crippen LogP contribution < -0.4 is 0 Å². The Morgan fingerprint density at radius 3 is 2.69 bits per heavy atom. The maximum absolute atomic E-state index is 12.9. The number of cyclic esters (lactones) is 1. The van der Waals surface area contributed by atoms with Crippen molar-refractivity contribution >= 4 is 23.0 Å². The summed E-state index contributed by atoms with van der Waals surface area (Å²) in [6, 6.07) is 7.89. The van der Waals surface area contributed by atoms with E-state index in [0.717, 1.165) is 16.5 Å². The summed E-state index contributed by atoms with van der Waals surface area (Å²) in [5.41, 5.74) is 0.395. The molecule has 3 rings (SSSR count). The van der Waals surface area contributed by atoms with Gasteiger partial charge in [0.15, 0.2) is 6.23 Å². The lowest BCUT2D eigenvalue weighted by molar-refractivity contribution is -0.148. The van der Waals surface area contributed by atoms with E-state index in [0.29, 0.717) is 6.42 Å². The predicted molar refractivity (Wildman–Crippen MR) is 98.6 cm³/mol. The van der Waals surface area contributed by atoms with Crippen LogP contribution in [0.5, 0.6) is 0 Å². The lowest BCUT2D eigenvalue weighted by Gasteiger charge is -2.37. The first-order chi connectivity index (χ1) is 12.2. The van der Waals surface area contributed by atoms with Crippen molar-refractivity contribution in [2.45, 2.75) is 52.8 Å². The molecule has 1 aliphatic heterocycles. The highest BCUT2D eigenvalue weighted by atomic mass is 16.6. The van der Waals surface area contributed by atoms with Crippen LogP contribution in [0.3, 0.4) is 0 Å². The van der Waals surface area contributed by atoms with Gasteiger partial charge in [-0.2, -0.15) is 0 Å². The summed E-state index contributed by atoms with van der Waals surface area (Å²) in [5.74, 6) is -0.407. The molecule has 6 nitrogen and oxygen atoms in total. The van der Waals surface area contributed by atoms with Gasteiger partial charge in [0.2, 0.25) is 0 Å². The highest BCUT2D eigenvalue weighted by Crippen LogP contribution is 2.40. The fraction of sp³-hybridized carbons (Fsp3) is 0.500. The van der Waals surface area contributed by atoms with Crippen LogP contribution in [-0.2, 0) is 20.7 Å². The quantitative estimate of drug-likeness (QED) is 0.846. The number of nitrogens with zero attached hydrogens (tertiary/aromatic N) is 1. The predicted octanol–water partition coefficient (Wildman–Crippen LogP) is 3.86. The van der Waals surface area contributed by atoms with Crippen LogP contribution in [0, 0.1) is 5.41 Å². The summed E-state index contributed by atoms with van der Waals surface area (Å²) in [6.45, 7) is 9.56. The van der Waals surface area contributed by atoms with Gasteiger partial charge in [-0.3, -0.25) is 4.90 Å². The van der Waals surface area contributed by atoms with Gasteiger partial charge in [-0.05, 0) is 25.5 Å². The Kier molecular flexibility index (Phi) is 4.46. The van der Waals surface area contributed by atoms with Crippen LogP contribution in [-0.4, -0.2) is 40.3 Å². The fourth-order valence-corrected chi connectivity index (χ4v) is 3.50. The Balaban J connectivity index is 2.03. The molecule has 6 heteroatoms. The van der Waals surface area contributed by atoms with Crippen molar-refractivity contribution in [2.24, 2.45) is 5.41 Å². The van der Waals surface area contributed by atoms with E-state index < -0.39 is 29.2 Å². The zero-order valence-corrected chi connectivity index (χ0v) is 16.0. The lowest BCUT2D eigenvalue weighted by atomic mass is 9.88. The van der Waals surface area contributed by atoms with E-state index in [1.165, 1.54) is 4.90 Å². The van der Waals surface area contributed by atoms with Crippen LogP contribution in [0.2, 0.25) is 0 Å². The van der Waals surface area contributed by atoms with Gasteiger partial charge in [-0.25, -0.2) is 9.59 Å². The molecule has 1 N–H and O–H groups in total. The number of esters is 1. The molecule has 0 radical (unpaired) electrons. The van der Waals surface area contributed by atoms with Crippen LogP contribution in [0.25, 0.3) is 10.9 Å². The average Bonchev–Trinajstić information content (AvgIpc) is 3.08. The molecular formula is C20H26N2O4. The number of amides is 1. The average molecular weight is 358 g/mol. The van der Waals surface area contributed by atoms with Gasteiger partial charge in [0.05, 0.1) is 6.61 Å².